The number of hydrogen-bond acceptors (Lipinski definition) is 4. The third-order valence-corrected chi connectivity index (χ3v) is 15.2. The van der Waals surface area contributed by atoms with E-state index in [1.807, 2.05) is 47.0 Å². The summed E-state index contributed by atoms with van der Waals surface area (Å²) in [7, 11) is 0. The minimum atomic E-state index is 1.27. The van der Waals surface area contributed by atoms with E-state index in [-0.39, 0.29) is 0 Å². The van der Waals surface area contributed by atoms with Crippen molar-refractivity contribution in [3.63, 3.8) is 0 Å². The SMILES string of the molecule is Cc1ccc(C2=C(c3ccc(C)cc3)SC(=c3c4ccccc4c(=C4SC(c5ccc(C)cc5)=C(c5ccc(C)cc5)S4)c4ccccc34)S2)cc1. The van der Waals surface area contributed by atoms with Crippen molar-refractivity contribution in [1.29, 1.82) is 0 Å². The van der Waals surface area contributed by atoms with Crippen molar-refractivity contribution in [3.05, 3.63) is 201 Å². The third-order valence-electron chi connectivity index (χ3n) is 9.79. The van der Waals surface area contributed by atoms with Crippen molar-refractivity contribution in [1.82, 2.24) is 0 Å². The molecule has 0 spiro atoms. The van der Waals surface area contributed by atoms with Gasteiger partial charge in [-0.1, -0.05) is 215 Å². The summed E-state index contributed by atoms with van der Waals surface area (Å²) in [5.74, 6) is 0. The summed E-state index contributed by atoms with van der Waals surface area (Å²) in [6.45, 7) is 8.65. The highest BCUT2D eigenvalue weighted by Crippen LogP contribution is 2.59. The largest absolute Gasteiger partial charge is 0.0802 e. The molecule has 7 aromatic carbocycles. The van der Waals surface area contributed by atoms with Crippen LogP contribution in [-0.4, -0.2) is 0 Å². The second-order valence-electron chi connectivity index (χ2n) is 13.6. The Bertz CT molecular complexity index is 2340. The van der Waals surface area contributed by atoms with Gasteiger partial charge in [-0.15, -0.1) is 0 Å². The van der Waals surface area contributed by atoms with Crippen LogP contribution in [0.1, 0.15) is 44.5 Å². The molecule has 0 saturated heterocycles. The number of hydrogen-bond donors (Lipinski definition) is 0. The van der Waals surface area contributed by atoms with E-state index >= 15 is 0 Å². The van der Waals surface area contributed by atoms with Crippen LogP contribution in [0.3, 0.4) is 0 Å². The lowest BCUT2D eigenvalue weighted by Crippen LogP contribution is -2.16. The Morgan fingerprint density at radius 2 is 0.481 bits per heavy atom. The molecule has 7 aromatic rings. The van der Waals surface area contributed by atoms with Crippen LogP contribution in [0.4, 0.5) is 0 Å². The number of thioether (sulfide) groups is 4. The molecular formula is C48H36S4. The fraction of sp³-hybridized carbons (Fsp3) is 0.0833. The maximum Gasteiger partial charge on any atom is 0.0584 e. The van der Waals surface area contributed by atoms with Crippen molar-refractivity contribution in [3.8, 4) is 0 Å². The van der Waals surface area contributed by atoms with Gasteiger partial charge in [-0.3, -0.25) is 0 Å². The van der Waals surface area contributed by atoms with Gasteiger partial charge in [0.05, 0.1) is 8.47 Å². The molecule has 0 unspecified atom stereocenters. The Hall–Kier alpha value is -4.32. The zero-order chi connectivity index (χ0) is 35.3. The van der Waals surface area contributed by atoms with Gasteiger partial charge in [0, 0.05) is 30.1 Å². The molecule has 0 aromatic heterocycles. The Morgan fingerprint density at radius 3 is 0.692 bits per heavy atom. The molecule has 4 heteroatoms. The lowest BCUT2D eigenvalue weighted by molar-refractivity contribution is 1.46. The van der Waals surface area contributed by atoms with Crippen molar-refractivity contribution < 1.29 is 0 Å². The molecular weight excluding hydrogens is 705 g/mol. The topological polar surface area (TPSA) is 0 Å². The molecule has 9 rings (SSSR count). The number of aryl methyl sites for hydroxylation is 4. The molecule has 0 radical (unpaired) electrons. The number of rotatable bonds is 4. The van der Waals surface area contributed by atoms with E-state index in [1.54, 1.807) is 0 Å². The van der Waals surface area contributed by atoms with Crippen LogP contribution >= 0.6 is 47.0 Å². The van der Waals surface area contributed by atoms with Crippen molar-refractivity contribution in [2.75, 3.05) is 0 Å². The van der Waals surface area contributed by atoms with Gasteiger partial charge in [-0.25, -0.2) is 0 Å². The summed E-state index contributed by atoms with van der Waals surface area (Å²) in [5.41, 5.74) is 10.2. The predicted octanol–water partition coefficient (Wildman–Crippen LogP) is 13.4. The first-order chi connectivity index (χ1) is 25.4. The summed E-state index contributed by atoms with van der Waals surface area (Å²) < 4.78 is 2.67. The standard InChI is InChI=1S/C48H36S4/c1-29-13-21-33(22-14-29)43-44(34-23-15-30(2)16-24-34)50-47(49-43)41-37-9-5-7-11-39(37)42(40-12-8-6-10-38(40)41)48-51-45(35-25-17-31(3)18-26-35)46(52-48)36-27-19-32(4)20-28-36/h5-28H,1-4H3. The third kappa shape index (κ3) is 6.16. The van der Waals surface area contributed by atoms with Crippen LogP contribution < -0.4 is 10.4 Å². The molecule has 2 aliphatic heterocycles. The lowest BCUT2D eigenvalue weighted by atomic mass is 9.99. The number of fused-ring (bicyclic) bond motifs is 2. The number of benzene rings is 7. The fourth-order valence-electron chi connectivity index (χ4n) is 6.95. The minimum Gasteiger partial charge on any atom is -0.0802 e. The van der Waals surface area contributed by atoms with Gasteiger partial charge in [0.2, 0.25) is 0 Å². The molecule has 0 bridgehead atoms. The summed E-state index contributed by atoms with van der Waals surface area (Å²) in [6.07, 6.45) is 0. The van der Waals surface area contributed by atoms with Crippen LogP contribution in [0.25, 0.3) is 49.6 Å². The molecule has 0 amide bonds. The molecule has 0 atom stereocenters. The van der Waals surface area contributed by atoms with E-state index < -0.39 is 0 Å². The normalized spacial score (nSPS) is 14.8. The van der Waals surface area contributed by atoms with Gasteiger partial charge < -0.3 is 0 Å². The highest BCUT2D eigenvalue weighted by molar-refractivity contribution is 8.41. The Labute approximate surface area is 322 Å². The first-order valence-corrected chi connectivity index (χ1v) is 20.8. The molecule has 52 heavy (non-hydrogen) atoms. The van der Waals surface area contributed by atoms with E-state index in [9.17, 15) is 0 Å². The highest BCUT2D eigenvalue weighted by atomic mass is 32.2. The average Bonchev–Trinajstić information content (AvgIpc) is 3.81. The Morgan fingerprint density at radius 1 is 0.269 bits per heavy atom. The first-order valence-electron chi connectivity index (χ1n) is 17.6. The quantitative estimate of drug-likeness (QED) is 0.165. The second-order valence-corrected chi connectivity index (χ2v) is 18.2. The fourth-order valence-corrected chi connectivity index (χ4v) is 12.7. The van der Waals surface area contributed by atoms with Crippen LogP contribution in [-0.2, 0) is 0 Å². The molecule has 2 aliphatic rings. The van der Waals surface area contributed by atoms with E-state index in [0.717, 1.165) is 0 Å². The molecule has 0 nitrogen and oxygen atoms in total. The van der Waals surface area contributed by atoms with Crippen LogP contribution in [0.2, 0.25) is 0 Å². The van der Waals surface area contributed by atoms with Gasteiger partial charge >= 0.3 is 0 Å². The summed E-state index contributed by atoms with van der Waals surface area (Å²) in [6, 6.07) is 54.3. The molecule has 0 aliphatic carbocycles. The molecule has 2 heterocycles. The van der Waals surface area contributed by atoms with Crippen LogP contribution in [0.15, 0.2) is 146 Å². The Kier molecular flexibility index (Phi) is 8.96. The molecule has 0 N–H and O–H groups in total. The maximum atomic E-state index is 2.34. The monoisotopic (exact) mass is 740 g/mol. The van der Waals surface area contributed by atoms with E-state index in [2.05, 4.69) is 173 Å². The summed E-state index contributed by atoms with van der Waals surface area (Å²) in [5, 5.41) is 7.86. The Balaban J connectivity index is 1.29. The van der Waals surface area contributed by atoms with Crippen molar-refractivity contribution in [2.24, 2.45) is 0 Å². The van der Waals surface area contributed by atoms with Gasteiger partial charge in [-0.05, 0) is 71.5 Å². The van der Waals surface area contributed by atoms with Crippen molar-refractivity contribution >= 4 is 96.7 Å². The zero-order valence-electron chi connectivity index (χ0n) is 29.5. The smallest absolute Gasteiger partial charge is 0.0584 e. The van der Waals surface area contributed by atoms with E-state index in [1.165, 1.54) is 105 Å². The lowest BCUT2D eigenvalue weighted by Gasteiger charge is -2.11. The van der Waals surface area contributed by atoms with Crippen LogP contribution in [0.5, 0.6) is 0 Å². The second kappa shape index (κ2) is 13.9. The molecule has 252 valence electrons. The van der Waals surface area contributed by atoms with E-state index in [4.69, 9.17) is 0 Å². The summed E-state index contributed by atoms with van der Waals surface area (Å²) in [4.78, 5) is 5.30. The van der Waals surface area contributed by atoms with Gasteiger partial charge in [-0.2, -0.15) is 0 Å². The minimum absolute atomic E-state index is 1.27. The van der Waals surface area contributed by atoms with Crippen LogP contribution in [0, 0.1) is 27.7 Å². The highest BCUT2D eigenvalue weighted by Gasteiger charge is 2.28. The molecule has 0 saturated carbocycles. The van der Waals surface area contributed by atoms with Gasteiger partial charge in [0.1, 0.15) is 0 Å². The predicted molar refractivity (Wildman–Crippen MR) is 236 cm³/mol. The van der Waals surface area contributed by atoms with Gasteiger partial charge in [0.25, 0.3) is 0 Å². The molecule has 0 fully saturated rings. The van der Waals surface area contributed by atoms with E-state index in [0.29, 0.717) is 0 Å². The maximum absolute atomic E-state index is 2.34. The van der Waals surface area contributed by atoms with Gasteiger partial charge in [0.15, 0.2) is 0 Å². The van der Waals surface area contributed by atoms with Crippen molar-refractivity contribution in [2.45, 2.75) is 27.7 Å². The zero-order valence-corrected chi connectivity index (χ0v) is 32.8. The first kappa shape index (κ1) is 33.5. The average molecular weight is 741 g/mol. The summed E-state index contributed by atoms with van der Waals surface area (Å²) >= 11 is 7.72.